The molecule has 1 N–H and O–H groups in total. The van der Waals surface area contributed by atoms with Crippen molar-refractivity contribution in [3.63, 3.8) is 0 Å². The summed E-state index contributed by atoms with van der Waals surface area (Å²) in [4.78, 5) is 10.6. The van der Waals surface area contributed by atoms with Crippen molar-refractivity contribution in [3.8, 4) is 67.5 Å². The number of pyridine rings is 1. The summed E-state index contributed by atoms with van der Waals surface area (Å²) in [6.07, 6.45) is 1.98. The first-order valence-electron chi connectivity index (χ1n) is 19.9. The van der Waals surface area contributed by atoms with E-state index in [1.165, 1.54) is 11.1 Å². The molecule has 0 aliphatic carbocycles. The summed E-state index contributed by atoms with van der Waals surface area (Å²) in [5.41, 5.74) is 17.2. The van der Waals surface area contributed by atoms with E-state index in [1.54, 1.807) is 0 Å². The Morgan fingerprint density at radius 2 is 1.12 bits per heavy atom. The van der Waals surface area contributed by atoms with E-state index in [9.17, 15) is 5.11 Å². The van der Waals surface area contributed by atoms with Crippen molar-refractivity contribution in [3.05, 3.63) is 167 Å². The third kappa shape index (κ3) is 7.06. The third-order valence-electron chi connectivity index (χ3n) is 11.2. The van der Waals surface area contributed by atoms with Gasteiger partial charge in [0, 0.05) is 22.9 Å². The monoisotopic (exact) mass is 745 g/mol. The number of para-hydroxylation sites is 2. The number of hydrogen-bond acceptors (Lipinski definition) is 3. The van der Waals surface area contributed by atoms with Gasteiger partial charge in [0.05, 0.1) is 28.0 Å². The first-order chi connectivity index (χ1) is 27.2. The fourth-order valence-corrected chi connectivity index (χ4v) is 8.05. The summed E-state index contributed by atoms with van der Waals surface area (Å²) < 4.78 is 2.27. The number of fused-ring (bicyclic) bond motifs is 1. The molecule has 0 bridgehead atoms. The van der Waals surface area contributed by atoms with E-state index >= 15 is 0 Å². The zero-order chi connectivity index (χ0) is 40.2. The molecule has 8 rings (SSSR count). The van der Waals surface area contributed by atoms with Crippen molar-refractivity contribution < 1.29 is 5.11 Å². The molecule has 0 saturated carbocycles. The third-order valence-corrected chi connectivity index (χ3v) is 11.2. The lowest BCUT2D eigenvalue weighted by atomic mass is 9.79. The van der Waals surface area contributed by atoms with Gasteiger partial charge in [-0.05, 0) is 118 Å². The van der Waals surface area contributed by atoms with Crippen LogP contribution in [0.25, 0.3) is 72.7 Å². The minimum Gasteiger partial charge on any atom is -0.507 e. The van der Waals surface area contributed by atoms with Crippen molar-refractivity contribution in [2.45, 2.75) is 73.1 Å². The van der Waals surface area contributed by atoms with Crippen LogP contribution in [0, 0.1) is 20.8 Å². The largest absolute Gasteiger partial charge is 0.507 e. The Balaban J connectivity index is 1.44. The normalized spacial score (nSPS) is 12.0. The maximum Gasteiger partial charge on any atom is 0.149 e. The lowest BCUT2D eigenvalue weighted by molar-refractivity contribution is 0.446. The van der Waals surface area contributed by atoms with Gasteiger partial charge < -0.3 is 5.11 Å². The van der Waals surface area contributed by atoms with E-state index in [0.29, 0.717) is 0 Å². The molecule has 284 valence electrons. The molecule has 0 spiro atoms. The number of hydrogen-bond donors (Lipinski definition) is 1. The van der Waals surface area contributed by atoms with E-state index in [2.05, 4.69) is 200 Å². The number of phenols is 1. The lowest BCUT2D eigenvalue weighted by Crippen LogP contribution is -2.17. The summed E-state index contributed by atoms with van der Waals surface area (Å²) in [5.74, 6) is 0.990. The van der Waals surface area contributed by atoms with Gasteiger partial charge in [0.15, 0.2) is 0 Å². The quantitative estimate of drug-likeness (QED) is 0.184. The molecule has 0 aliphatic rings. The average molecular weight is 746 g/mol. The molecule has 57 heavy (non-hydrogen) atoms. The Hall–Kier alpha value is -6.26. The first kappa shape index (κ1) is 37.7. The summed E-state index contributed by atoms with van der Waals surface area (Å²) in [5, 5.41) is 12.3. The van der Waals surface area contributed by atoms with Gasteiger partial charge in [-0.15, -0.1) is 0 Å². The number of aryl methyl sites for hydroxylation is 3. The maximum atomic E-state index is 12.3. The van der Waals surface area contributed by atoms with Crippen molar-refractivity contribution >= 4 is 11.0 Å². The van der Waals surface area contributed by atoms with Crippen LogP contribution >= 0.6 is 0 Å². The van der Waals surface area contributed by atoms with E-state index in [4.69, 9.17) is 9.97 Å². The second kappa shape index (κ2) is 14.4. The lowest BCUT2D eigenvalue weighted by Gasteiger charge is -2.27. The molecule has 4 heteroatoms. The highest BCUT2D eigenvalue weighted by Crippen LogP contribution is 2.45. The number of rotatable bonds is 6. The Morgan fingerprint density at radius 3 is 1.77 bits per heavy atom. The maximum absolute atomic E-state index is 12.3. The van der Waals surface area contributed by atoms with Gasteiger partial charge in [0.2, 0.25) is 0 Å². The molecule has 6 aromatic carbocycles. The summed E-state index contributed by atoms with van der Waals surface area (Å²) in [6, 6.07) is 47.3. The van der Waals surface area contributed by atoms with Gasteiger partial charge in [-0.25, -0.2) is 4.98 Å². The summed E-state index contributed by atoms with van der Waals surface area (Å²) in [7, 11) is 0. The molecule has 0 atom stereocenters. The molecular weight excluding hydrogens is 695 g/mol. The number of phenolic OH excluding ortho intramolecular Hbond substituents is 1. The van der Waals surface area contributed by atoms with Gasteiger partial charge in [0.1, 0.15) is 11.6 Å². The molecule has 0 amide bonds. The van der Waals surface area contributed by atoms with Crippen LogP contribution < -0.4 is 0 Å². The zero-order valence-electron chi connectivity index (χ0n) is 34.6. The number of imidazole rings is 1. The number of aromatic nitrogens is 3. The highest BCUT2D eigenvalue weighted by atomic mass is 16.3. The number of benzene rings is 6. The van der Waals surface area contributed by atoms with Crippen molar-refractivity contribution in [2.24, 2.45) is 0 Å². The minimum atomic E-state index is -0.292. The van der Waals surface area contributed by atoms with Crippen LogP contribution in [0.1, 0.15) is 69.4 Å². The highest BCUT2D eigenvalue weighted by molar-refractivity contribution is 5.98. The predicted octanol–water partition coefficient (Wildman–Crippen LogP) is 14.0. The standard InChI is InChI=1S/C53H51N3O/c1-33-18-16-19-34(2)49(33)56-47-25-17-24-42(48(47)55-51(56)44-29-41(52(4,5)6)30-45(50(44)57)53(7,8)9)39-26-38(36-20-12-10-13-21-36)27-40(28-39)46-31-43(35(3)32-54-46)37-22-14-11-15-23-37/h10-32,57H,1-9H3. The zero-order valence-corrected chi connectivity index (χ0v) is 34.6. The van der Waals surface area contributed by atoms with E-state index in [-0.39, 0.29) is 16.6 Å². The Labute approximate surface area is 337 Å². The highest BCUT2D eigenvalue weighted by Gasteiger charge is 2.29. The molecule has 0 saturated heterocycles. The topological polar surface area (TPSA) is 50.9 Å². The van der Waals surface area contributed by atoms with Crippen LogP contribution in [0.4, 0.5) is 0 Å². The van der Waals surface area contributed by atoms with Crippen LogP contribution in [0.3, 0.4) is 0 Å². The van der Waals surface area contributed by atoms with E-state index < -0.39 is 0 Å². The molecule has 0 fully saturated rings. The molecule has 8 aromatic rings. The Morgan fingerprint density at radius 1 is 0.509 bits per heavy atom. The van der Waals surface area contributed by atoms with Gasteiger partial charge in [-0.1, -0.05) is 139 Å². The fraction of sp³-hybridized carbons (Fsp3) is 0.208. The first-order valence-corrected chi connectivity index (χ1v) is 19.9. The molecule has 4 nitrogen and oxygen atoms in total. The number of nitrogens with zero attached hydrogens (tertiary/aromatic N) is 3. The summed E-state index contributed by atoms with van der Waals surface area (Å²) in [6.45, 7) is 19.6. The van der Waals surface area contributed by atoms with Crippen molar-refractivity contribution in [2.75, 3.05) is 0 Å². The average Bonchev–Trinajstić information content (AvgIpc) is 3.56. The van der Waals surface area contributed by atoms with Crippen LogP contribution in [-0.4, -0.2) is 19.6 Å². The Bertz CT molecular complexity index is 2760. The molecule has 0 aliphatic heterocycles. The second-order valence-corrected chi connectivity index (χ2v) is 17.5. The predicted molar refractivity (Wildman–Crippen MR) is 239 cm³/mol. The smallest absolute Gasteiger partial charge is 0.149 e. The van der Waals surface area contributed by atoms with Gasteiger partial charge in [0.25, 0.3) is 0 Å². The van der Waals surface area contributed by atoms with Crippen LogP contribution in [-0.2, 0) is 10.8 Å². The molecular formula is C53H51N3O. The molecule has 0 radical (unpaired) electrons. The molecule has 0 unspecified atom stereocenters. The van der Waals surface area contributed by atoms with Gasteiger partial charge >= 0.3 is 0 Å². The van der Waals surface area contributed by atoms with Crippen molar-refractivity contribution in [1.29, 1.82) is 0 Å². The molecule has 2 aromatic heterocycles. The van der Waals surface area contributed by atoms with Crippen molar-refractivity contribution in [1.82, 2.24) is 14.5 Å². The van der Waals surface area contributed by atoms with Crippen LogP contribution in [0.15, 0.2) is 140 Å². The van der Waals surface area contributed by atoms with E-state index in [0.717, 1.165) is 89.4 Å². The summed E-state index contributed by atoms with van der Waals surface area (Å²) >= 11 is 0. The van der Waals surface area contributed by atoms with E-state index in [1.807, 2.05) is 6.20 Å². The van der Waals surface area contributed by atoms with Gasteiger partial charge in [-0.2, -0.15) is 0 Å². The van der Waals surface area contributed by atoms with Crippen LogP contribution in [0.2, 0.25) is 0 Å². The SMILES string of the molecule is Cc1cnc(-c2cc(-c3ccccc3)cc(-c3cccc4c3nc(-c3cc(C(C)(C)C)cc(C(C)(C)C)c3O)n4-c3c(C)cccc3C)c2)cc1-c1ccccc1. The second-order valence-electron chi connectivity index (χ2n) is 17.5. The fourth-order valence-electron chi connectivity index (χ4n) is 8.05. The van der Waals surface area contributed by atoms with Crippen LogP contribution in [0.5, 0.6) is 5.75 Å². The number of aromatic hydroxyl groups is 1. The minimum absolute atomic E-state index is 0.151. The van der Waals surface area contributed by atoms with Gasteiger partial charge in [-0.3, -0.25) is 9.55 Å². The molecule has 2 heterocycles. The Kier molecular flexibility index (Phi) is 9.48.